The van der Waals surface area contributed by atoms with E-state index >= 15 is 0 Å². The van der Waals surface area contributed by atoms with Crippen LogP contribution in [-0.4, -0.2) is 47.6 Å². The molecule has 0 bridgehead atoms. The lowest BCUT2D eigenvalue weighted by molar-refractivity contribution is -0.0917. The van der Waals surface area contributed by atoms with E-state index in [2.05, 4.69) is 8.83 Å². The summed E-state index contributed by atoms with van der Waals surface area (Å²) in [7, 11) is -10.3. The number of aliphatic hydroxyl groups excluding tert-OH is 1. The first-order valence-electron chi connectivity index (χ1n) is 6.84. The van der Waals surface area contributed by atoms with Gasteiger partial charge in [-0.15, -0.1) is 0 Å². The Morgan fingerprint density at radius 1 is 1.35 bits per heavy atom. The standard InChI is InChI=1S/C10H14N2O11P2.H3N/c13-6-1-2-12(9(15)11-6)8-7(14)5-3-10(5,22-8)4-21-25(19,20)23-24(16,17)18;/h1-2,5,7-8,14H,3-4H2,(H,19,20)(H,11,13,15)(H2,16,17,18);1H3/t5-,7+,8+,10+;/m0./s1. The minimum atomic E-state index is -5.25. The summed E-state index contributed by atoms with van der Waals surface area (Å²) in [6.07, 6.45) is -0.957. The number of hydrogen-bond donors (Lipinski definition) is 6. The zero-order chi connectivity index (χ0) is 18.6. The molecule has 0 aromatic carbocycles. The van der Waals surface area contributed by atoms with Crippen LogP contribution in [0.15, 0.2) is 21.9 Å². The molecule has 148 valence electrons. The number of aromatic nitrogens is 2. The van der Waals surface area contributed by atoms with Crippen molar-refractivity contribution in [1.29, 1.82) is 0 Å². The van der Waals surface area contributed by atoms with E-state index < -0.39 is 57.4 Å². The van der Waals surface area contributed by atoms with Gasteiger partial charge in [0.05, 0.1) is 6.61 Å². The monoisotopic (exact) mass is 417 g/mol. The number of ether oxygens (including phenoxy) is 1. The van der Waals surface area contributed by atoms with Crippen LogP contribution >= 0.6 is 15.6 Å². The predicted molar refractivity (Wildman–Crippen MR) is 82.2 cm³/mol. The zero-order valence-electron chi connectivity index (χ0n) is 13.0. The van der Waals surface area contributed by atoms with Crippen molar-refractivity contribution in [3.8, 4) is 0 Å². The fourth-order valence-corrected chi connectivity index (χ4v) is 4.43. The van der Waals surface area contributed by atoms with Gasteiger partial charge in [0.25, 0.3) is 5.56 Å². The van der Waals surface area contributed by atoms with Gasteiger partial charge >= 0.3 is 21.3 Å². The largest absolute Gasteiger partial charge is 0.481 e. The normalized spacial score (nSPS) is 32.4. The summed E-state index contributed by atoms with van der Waals surface area (Å²) in [5.41, 5.74) is -2.66. The van der Waals surface area contributed by atoms with Crippen LogP contribution in [0, 0.1) is 5.92 Å². The van der Waals surface area contributed by atoms with Gasteiger partial charge in [0.1, 0.15) is 11.7 Å². The van der Waals surface area contributed by atoms with Crippen molar-refractivity contribution < 1.29 is 42.5 Å². The molecule has 1 unspecified atom stereocenters. The Balaban J connectivity index is 0.00000243. The number of nitrogens with one attached hydrogen (secondary N) is 1. The summed E-state index contributed by atoms with van der Waals surface area (Å²) >= 11 is 0. The van der Waals surface area contributed by atoms with E-state index in [1.165, 1.54) is 0 Å². The van der Waals surface area contributed by atoms with Crippen molar-refractivity contribution >= 4 is 15.6 Å². The topological polar surface area (TPSA) is 233 Å². The first-order valence-corrected chi connectivity index (χ1v) is 9.87. The molecule has 1 aliphatic carbocycles. The number of aromatic amines is 1. The number of hydrogen-bond acceptors (Lipinski definition) is 9. The van der Waals surface area contributed by atoms with Crippen LogP contribution in [0.2, 0.25) is 0 Å². The van der Waals surface area contributed by atoms with Gasteiger partial charge < -0.3 is 30.7 Å². The lowest BCUT2D eigenvalue weighted by Crippen LogP contribution is -2.36. The van der Waals surface area contributed by atoms with E-state index in [0.717, 1.165) is 16.8 Å². The van der Waals surface area contributed by atoms with Crippen LogP contribution in [-0.2, 0) is 22.7 Å². The lowest BCUT2D eigenvalue weighted by atomic mass is 10.2. The van der Waals surface area contributed by atoms with E-state index in [0.29, 0.717) is 0 Å². The van der Waals surface area contributed by atoms with E-state index in [-0.39, 0.29) is 12.6 Å². The van der Waals surface area contributed by atoms with Crippen LogP contribution in [0.25, 0.3) is 0 Å². The molecule has 26 heavy (non-hydrogen) atoms. The zero-order valence-corrected chi connectivity index (χ0v) is 14.8. The maximum atomic E-state index is 11.8. The summed E-state index contributed by atoms with van der Waals surface area (Å²) in [5.74, 6) is -0.536. The van der Waals surface area contributed by atoms with E-state index in [1.54, 1.807) is 0 Å². The molecule has 0 radical (unpaired) electrons. The second-order valence-electron chi connectivity index (χ2n) is 5.71. The van der Waals surface area contributed by atoms with Crippen LogP contribution in [0.5, 0.6) is 0 Å². The number of nitrogens with zero attached hydrogens (tertiary/aromatic N) is 1. The predicted octanol–water partition coefficient (Wildman–Crippen LogP) is -1.43. The minimum Gasteiger partial charge on any atom is -0.388 e. The van der Waals surface area contributed by atoms with E-state index in [9.17, 15) is 28.7 Å². The fourth-order valence-electron chi connectivity index (χ4n) is 2.79. The third kappa shape index (κ3) is 4.21. The quantitative estimate of drug-likeness (QED) is 0.292. The molecule has 1 aliphatic heterocycles. The van der Waals surface area contributed by atoms with Crippen LogP contribution in [0.4, 0.5) is 0 Å². The first-order chi connectivity index (χ1) is 11.4. The molecule has 2 heterocycles. The highest BCUT2D eigenvalue weighted by Crippen LogP contribution is 2.63. The molecular weight excluding hydrogens is 400 g/mol. The summed E-state index contributed by atoms with van der Waals surface area (Å²) < 4.78 is 36.8. The van der Waals surface area contributed by atoms with Crippen LogP contribution < -0.4 is 17.4 Å². The molecule has 1 aromatic heterocycles. The molecule has 14 nitrogen and oxygen atoms in total. The smallest absolute Gasteiger partial charge is 0.388 e. The van der Waals surface area contributed by atoms with Gasteiger partial charge in [-0.2, -0.15) is 4.31 Å². The van der Waals surface area contributed by atoms with Crippen molar-refractivity contribution in [3.05, 3.63) is 33.1 Å². The number of phosphoric ester groups is 1. The Morgan fingerprint density at radius 3 is 2.58 bits per heavy atom. The Hall–Kier alpha value is -1.18. The SMILES string of the molecule is N.O=c1ccn([C@@H]2O[C@@]3(COP(=O)(O)OP(=O)(O)O)C[C@H]3[C@H]2O)c(=O)[nH]1. The van der Waals surface area contributed by atoms with Crippen LogP contribution in [0.3, 0.4) is 0 Å². The van der Waals surface area contributed by atoms with Crippen molar-refractivity contribution in [2.45, 2.75) is 24.4 Å². The second kappa shape index (κ2) is 6.77. The first kappa shape index (κ1) is 21.1. The summed E-state index contributed by atoms with van der Waals surface area (Å²) in [4.78, 5) is 51.2. The van der Waals surface area contributed by atoms with Gasteiger partial charge in [-0.05, 0) is 6.42 Å². The molecule has 2 fully saturated rings. The highest BCUT2D eigenvalue weighted by molar-refractivity contribution is 7.60. The number of rotatable bonds is 6. The summed E-state index contributed by atoms with van der Waals surface area (Å²) in [5, 5.41) is 10.2. The third-order valence-corrected chi connectivity index (χ3v) is 6.08. The Morgan fingerprint density at radius 2 is 2.00 bits per heavy atom. The van der Waals surface area contributed by atoms with Crippen molar-refractivity contribution in [2.75, 3.05) is 6.61 Å². The number of aliphatic hydroxyl groups is 1. The molecule has 8 N–H and O–H groups in total. The molecule has 2 aliphatic rings. The molecule has 1 saturated carbocycles. The highest BCUT2D eigenvalue weighted by atomic mass is 31.3. The van der Waals surface area contributed by atoms with Gasteiger partial charge in [-0.3, -0.25) is 18.9 Å². The molecule has 3 rings (SSSR count). The second-order valence-corrected chi connectivity index (χ2v) is 8.54. The maximum Gasteiger partial charge on any atom is 0.481 e. The van der Waals surface area contributed by atoms with Crippen molar-refractivity contribution in [3.63, 3.8) is 0 Å². The maximum absolute atomic E-state index is 11.8. The summed E-state index contributed by atoms with van der Waals surface area (Å²) in [6, 6.07) is 1.06. The minimum absolute atomic E-state index is 0. The van der Waals surface area contributed by atoms with E-state index in [4.69, 9.17) is 14.5 Å². The van der Waals surface area contributed by atoms with Crippen molar-refractivity contribution in [2.24, 2.45) is 5.92 Å². The van der Waals surface area contributed by atoms with Gasteiger partial charge in [-0.25, -0.2) is 13.9 Å². The van der Waals surface area contributed by atoms with Gasteiger partial charge in [-0.1, -0.05) is 0 Å². The molecule has 16 heteroatoms. The number of phosphoric acid groups is 2. The average Bonchev–Trinajstić information content (AvgIpc) is 3.09. The number of fused-ring (bicyclic) bond motifs is 1. The van der Waals surface area contributed by atoms with E-state index in [1.807, 2.05) is 4.98 Å². The van der Waals surface area contributed by atoms with Crippen LogP contribution in [0.1, 0.15) is 12.6 Å². The molecule has 0 amide bonds. The van der Waals surface area contributed by atoms with Gasteiger partial charge in [0.15, 0.2) is 6.23 Å². The Kier molecular flexibility index (Phi) is 5.50. The lowest BCUT2D eigenvalue weighted by Gasteiger charge is -2.22. The van der Waals surface area contributed by atoms with Gasteiger partial charge in [0.2, 0.25) is 0 Å². The molecule has 5 atom stereocenters. The Labute approximate surface area is 144 Å². The highest BCUT2D eigenvalue weighted by Gasteiger charge is 2.68. The summed E-state index contributed by atoms with van der Waals surface area (Å²) in [6.45, 7) is -0.600. The number of H-pyrrole nitrogens is 1. The molecule has 0 spiro atoms. The molecular formula is C10H17N3O11P2. The van der Waals surface area contributed by atoms with Gasteiger partial charge in [0, 0.05) is 18.2 Å². The fraction of sp³-hybridized carbons (Fsp3) is 0.600. The average molecular weight is 417 g/mol. The molecule has 1 aromatic rings. The van der Waals surface area contributed by atoms with Crippen molar-refractivity contribution in [1.82, 2.24) is 15.7 Å². The Bertz CT molecular complexity index is 893. The molecule has 1 saturated heterocycles. The third-order valence-electron chi connectivity index (χ3n) is 3.95.